The Morgan fingerprint density at radius 3 is 2.65 bits per heavy atom. The Hall–Kier alpha value is -1.53. The SMILES string of the molecule is CCOC(=O)c1cc(CCl)cc(C#N)c1CC. The van der Waals surface area contributed by atoms with Crippen LogP contribution in [0, 0.1) is 11.3 Å². The van der Waals surface area contributed by atoms with E-state index in [4.69, 9.17) is 21.6 Å². The van der Waals surface area contributed by atoms with E-state index >= 15 is 0 Å². The Balaban J connectivity index is 3.35. The molecule has 4 heteroatoms. The topological polar surface area (TPSA) is 50.1 Å². The molecule has 3 nitrogen and oxygen atoms in total. The molecule has 1 rings (SSSR count). The smallest absolute Gasteiger partial charge is 0.338 e. The summed E-state index contributed by atoms with van der Waals surface area (Å²) in [4.78, 5) is 11.8. The van der Waals surface area contributed by atoms with E-state index in [-0.39, 0.29) is 5.88 Å². The first-order valence-electron chi connectivity index (χ1n) is 5.46. The standard InChI is InChI=1S/C13H14ClNO2/c1-3-11-10(8-15)5-9(7-14)6-12(11)13(16)17-4-2/h5-6H,3-4,7H2,1-2H3. The van der Waals surface area contributed by atoms with Gasteiger partial charge in [-0.25, -0.2) is 4.79 Å². The Morgan fingerprint density at radius 1 is 1.47 bits per heavy atom. The zero-order valence-corrected chi connectivity index (χ0v) is 10.7. The summed E-state index contributed by atoms with van der Waals surface area (Å²) in [5.74, 6) is -0.127. The molecule has 0 saturated carbocycles. The third-order valence-electron chi connectivity index (χ3n) is 2.43. The van der Waals surface area contributed by atoms with Crippen LogP contribution in [-0.2, 0) is 17.0 Å². The van der Waals surface area contributed by atoms with Gasteiger partial charge in [0.25, 0.3) is 0 Å². The van der Waals surface area contributed by atoms with Gasteiger partial charge in [-0.2, -0.15) is 5.26 Å². The average molecular weight is 252 g/mol. The normalized spacial score (nSPS) is 9.76. The van der Waals surface area contributed by atoms with Gasteiger partial charge in [-0.1, -0.05) is 6.92 Å². The first-order valence-corrected chi connectivity index (χ1v) is 6.00. The quantitative estimate of drug-likeness (QED) is 0.610. The molecule has 0 unspecified atom stereocenters. The van der Waals surface area contributed by atoms with E-state index in [1.165, 1.54) is 0 Å². The number of alkyl halides is 1. The predicted molar refractivity (Wildman–Crippen MR) is 66.0 cm³/mol. The molecule has 0 N–H and O–H groups in total. The van der Waals surface area contributed by atoms with Crippen LogP contribution in [-0.4, -0.2) is 12.6 Å². The lowest BCUT2D eigenvalue weighted by Gasteiger charge is -2.10. The minimum atomic E-state index is -0.396. The molecular formula is C13H14ClNO2. The van der Waals surface area contributed by atoms with Crippen LogP contribution < -0.4 is 0 Å². The lowest BCUT2D eigenvalue weighted by atomic mass is 9.97. The largest absolute Gasteiger partial charge is 0.462 e. The summed E-state index contributed by atoms with van der Waals surface area (Å²) >= 11 is 5.74. The summed E-state index contributed by atoms with van der Waals surface area (Å²) in [5.41, 5.74) is 2.42. The van der Waals surface area contributed by atoms with Crippen molar-refractivity contribution in [2.24, 2.45) is 0 Å². The Bertz CT molecular complexity index is 463. The third-order valence-corrected chi connectivity index (χ3v) is 2.74. The van der Waals surface area contributed by atoms with Crippen molar-refractivity contribution in [2.75, 3.05) is 6.61 Å². The van der Waals surface area contributed by atoms with Crippen molar-refractivity contribution in [3.8, 4) is 6.07 Å². The van der Waals surface area contributed by atoms with Crippen molar-refractivity contribution >= 4 is 17.6 Å². The predicted octanol–water partition coefficient (Wildman–Crippen LogP) is 3.04. The van der Waals surface area contributed by atoms with Gasteiger partial charge in [0.05, 0.1) is 23.8 Å². The number of hydrogen-bond donors (Lipinski definition) is 0. The minimum Gasteiger partial charge on any atom is -0.462 e. The number of ether oxygens (including phenoxy) is 1. The van der Waals surface area contributed by atoms with Crippen molar-refractivity contribution in [3.05, 3.63) is 34.4 Å². The number of rotatable bonds is 4. The fraction of sp³-hybridized carbons (Fsp3) is 0.385. The molecule has 0 radical (unpaired) electrons. The highest BCUT2D eigenvalue weighted by Gasteiger charge is 2.16. The zero-order chi connectivity index (χ0) is 12.8. The van der Waals surface area contributed by atoms with Gasteiger partial charge < -0.3 is 4.74 Å². The fourth-order valence-electron chi connectivity index (χ4n) is 1.68. The second kappa shape index (κ2) is 6.27. The summed E-state index contributed by atoms with van der Waals surface area (Å²) in [5, 5.41) is 9.06. The molecular weight excluding hydrogens is 238 g/mol. The molecule has 0 saturated heterocycles. The number of nitriles is 1. The summed E-state index contributed by atoms with van der Waals surface area (Å²) in [6, 6.07) is 5.51. The molecule has 0 aliphatic carbocycles. The lowest BCUT2D eigenvalue weighted by molar-refractivity contribution is 0.0525. The summed E-state index contributed by atoms with van der Waals surface area (Å²) < 4.78 is 4.98. The van der Waals surface area contributed by atoms with Gasteiger partial charge in [-0.15, -0.1) is 11.6 Å². The van der Waals surface area contributed by atoms with Crippen molar-refractivity contribution in [1.29, 1.82) is 5.26 Å². The van der Waals surface area contributed by atoms with Crippen molar-refractivity contribution < 1.29 is 9.53 Å². The number of hydrogen-bond acceptors (Lipinski definition) is 3. The highest BCUT2D eigenvalue weighted by Crippen LogP contribution is 2.20. The highest BCUT2D eigenvalue weighted by atomic mass is 35.5. The van der Waals surface area contributed by atoms with Gasteiger partial charge in [-0.05, 0) is 36.6 Å². The molecule has 0 aromatic heterocycles. The van der Waals surface area contributed by atoms with Crippen molar-refractivity contribution in [2.45, 2.75) is 26.1 Å². The summed E-state index contributed by atoms with van der Waals surface area (Å²) in [6.45, 7) is 3.97. The first kappa shape index (κ1) is 13.5. The minimum absolute atomic E-state index is 0.269. The maximum Gasteiger partial charge on any atom is 0.338 e. The molecule has 0 aliphatic heterocycles. The van der Waals surface area contributed by atoms with E-state index < -0.39 is 5.97 Å². The third kappa shape index (κ3) is 2.98. The molecule has 0 atom stereocenters. The van der Waals surface area contributed by atoms with Crippen LogP contribution >= 0.6 is 11.6 Å². The molecule has 0 amide bonds. The van der Waals surface area contributed by atoms with Crippen LogP contribution in [0.1, 0.15) is 40.9 Å². The number of halogens is 1. The molecule has 90 valence electrons. The average Bonchev–Trinajstić information content (AvgIpc) is 2.37. The molecule has 0 aliphatic rings. The van der Waals surface area contributed by atoms with Gasteiger partial charge in [0.15, 0.2) is 0 Å². The van der Waals surface area contributed by atoms with Gasteiger partial charge >= 0.3 is 5.97 Å². The van der Waals surface area contributed by atoms with E-state index in [2.05, 4.69) is 6.07 Å². The maximum absolute atomic E-state index is 11.8. The number of esters is 1. The summed E-state index contributed by atoms with van der Waals surface area (Å²) in [7, 11) is 0. The van der Waals surface area contributed by atoms with Gasteiger partial charge in [0.2, 0.25) is 0 Å². The van der Waals surface area contributed by atoms with Crippen LogP contribution in [0.15, 0.2) is 12.1 Å². The lowest BCUT2D eigenvalue weighted by Crippen LogP contribution is -2.10. The Morgan fingerprint density at radius 2 is 2.18 bits per heavy atom. The monoisotopic (exact) mass is 251 g/mol. The fourth-order valence-corrected chi connectivity index (χ4v) is 1.83. The number of benzene rings is 1. The van der Waals surface area contributed by atoms with Crippen molar-refractivity contribution in [1.82, 2.24) is 0 Å². The Labute approximate surface area is 106 Å². The van der Waals surface area contributed by atoms with E-state index in [0.29, 0.717) is 24.2 Å². The van der Waals surface area contributed by atoms with Crippen LogP contribution in [0.4, 0.5) is 0 Å². The molecule has 0 heterocycles. The van der Waals surface area contributed by atoms with Crippen LogP contribution in [0.25, 0.3) is 0 Å². The second-order valence-electron chi connectivity index (χ2n) is 3.49. The number of carbonyl (C=O) groups excluding carboxylic acids is 1. The first-order chi connectivity index (χ1) is 8.17. The molecule has 0 spiro atoms. The van der Waals surface area contributed by atoms with Gasteiger partial charge in [0.1, 0.15) is 0 Å². The van der Waals surface area contributed by atoms with Crippen molar-refractivity contribution in [3.63, 3.8) is 0 Å². The molecule has 1 aromatic carbocycles. The zero-order valence-electron chi connectivity index (χ0n) is 9.92. The van der Waals surface area contributed by atoms with Crippen LogP contribution in [0.2, 0.25) is 0 Å². The second-order valence-corrected chi connectivity index (χ2v) is 3.76. The Kier molecular flexibility index (Phi) is 4.99. The van der Waals surface area contributed by atoms with E-state index in [9.17, 15) is 4.79 Å². The maximum atomic E-state index is 11.8. The molecule has 0 bridgehead atoms. The number of carbonyl (C=O) groups is 1. The van der Waals surface area contributed by atoms with Crippen LogP contribution in [0.3, 0.4) is 0 Å². The number of nitrogens with zero attached hydrogens (tertiary/aromatic N) is 1. The van der Waals surface area contributed by atoms with E-state index in [0.717, 1.165) is 11.1 Å². The van der Waals surface area contributed by atoms with Gasteiger partial charge in [0, 0.05) is 5.88 Å². The van der Waals surface area contributed by atoms with E-state index in [1.807, 2.05) is 6.92 Å². The summed E-state index contributed by atoms with van der Waals surface area (Å²) in [6.07, 6.45) is 0.611. The molecule has 17 heavy (non-hydrogen) atoms. The molecule has 1 aromatic rings. The highest BCUT2D eigenvalue weighted by molar-refractivity contribution is 6.17. The van der Waals surface area contributed by atoms with Crippen LogP contribution in [0.5, 0.6) is 0 Å². The molecule has 0 fully saturated rings. The van der Waals surface area contributed by atoms with Gasteiger partial charge in [-0.3, -0.25) is 0 Å². The van der Waals surface area contributed by atoms with E-state index in [1.54, 1.807) is 19.1 Å².